The normalized spacial score (nSPS) is 18.4. The van der Waals surface area contributed by atoms with Gasteiger partial charge < -0.3 is 9.64 Å². The quantitative estimate of drug-likeness (QED) is 0.794. The van der Waals surface area contributed by atoms with Crippen molar-refractivity contribution in [2.75, 3.05) is 7.11 Å². The van der Waals surface area contributed by atoms with Gasteiger partial charge in [-0.3, -0.25) is 9.59 Å². The zero-order valence-electron chi connectivity index (χ0n) is 11.1. The van der Waals surface area contributed by atoms with Crippen LogP contribution in [0, 0.1) is 11.6 Å². The fraction of sp³-hybridized carbons (Fsp3) is 0.429. The molecule has 0 aliphatic carbocycles. The van der Waals surface area contributed by atoms with Crippen LogP contribution in [-0.2, 0) is 20.9 Å². The number of carbonyl (C=O) groups is 2. The lowest BCUT2D eigenvalue weighted by Crippen LogP contribution is -2.34. The SMILES string of the molecule is COC(=O)CC1CCC(=O)N1Cc1ccc(F)c(F)c1. The molecule has 1 saturated heterocycles. The van der Waals surface area contributed by atoms with E-state index < -0.39 is 11.6 Å². The van der Waals surface area contributed by atoms with Crippen LogP contribution in [0.2, 0.25) is 0 Å². The average molecular weight is 283 g/mol. The molecule has 1 atom stereocenters. The standard InChI is InChI=1S/C14H15F2NO3/c1-20-14(19)7-10-3-5-13(18)17(10)8-9-2-4-11(15)12(16)6-9/h2,4,6,10H,3,5,7-8H2,1H3. The number of amides is 1. The number of rotatable bonds is 4. The summed E-state index contributed by atoms with van der Waals surface area (Å²) in [7, 11) is 1.29. The molecule has 0 aromatic heterocycles. The van der Waals surface area contributed by atoms with E-state index in [9.17, 15) is 18.4 Å². The third-order valence-electron chi connectivity index (χ3n) is 3.42. The molecule has 0 bridgehead atoms. The summed E-state index contributed by atoms with van der Waals surface area (Å²) in [4.78, 5) is 24.6. The molecule has 1 fully saturated rings. The minimum absolute atomic E-state index is 0.0939. The first-order chi connectivity index (χ1) is 9.51. The number of hydrogen-bond acceptors (Lipinski definition) is 3. The van der Waals surface area contributed by atoms with E-state index >= 15 is 0 Å². The summed E-state index contributed by atoms with van der Waals surface area (Å²) < 4.78 is 30.6. The Morgan fingerprint density at radius 2 is 2.15 bits per heavy atom. The number of benzene rings is 1. The highest BCUT2D eigenvalue weighted by atomic mass is 19.2. The first-order valence-corrected chi connectivity index (χ1v) is 6.31. The minimum atomic E-state index is -0.946. The molecule has 6 heteroatoms. The molecule has 20 heavy (non-hydrogen) atoms. The lowest BCUT2D eigenvalue weighted by molar-refractivity contribution is -0.142. The Bertz CT molecular complexity index is 533. The summed E-state index contributed by atoms with van der Waals surface area (Å²) in [6, 6.07) is 3.28. The second-order valence-electron chi connectivity index (χ2n) is 4.74. The maximum absolute atomic E-state index is 13.2. The number of ether oxygens (including phenoxy) is 1. The highest BCUT2D eigenvalue weighted by Gasteiger charge is 2.32. The van der Waals surface area contributed by atoms with Crippen molar-refractivity contribution in [3.63, 3.8) is 0 Å². The highest BCUT2D eigenvalue weighted by molar-refractivity contribution is 5.80. The number of hydrogen-bond donors (Lipinski definition) is 0. The van der Waals surface area contributed by atoms with Crippen LogP contribution in [0.4, 0.5) is 8.78 Å². The molecule has 1 aliphatic heterocycles. The fourth-order valence-electron chi connectivity index (χ4n) is 2.33. The minimum Gasteiger partial charge on any atom is -0.469 e. The average Bonchev–Trinajstić information content (AvgIpc) is 2.75. The van der Waals surface area contributed by atoms with Crippen LogP contribution < -0.4 is 0 Å². The van der Waals surface area contributed by atoms with Crippen molar-refractivity contribution in [1.82, 2.24) is 4.90 Å². The summed E-state index contributed by atoms with van der Waals surface area (Å²) in [5.74, 6) is -2.35. The summed E-state index contributed by atoms with van der Waals surface area (Å²) in [6.45, 7) is 0.164. The monoisotopic (exact) mass is 283 g/mol. The van der Waals surface area contributed by atoms with Crippen molar-refractivity contribution in [3.05, 3.63) is 35.4 Å². The molecule has 1 aromatic carbocycles. The van der Waals surface area contributed by atoms with E-state index in [1.54, 1.807) is 0 Å². The smallest absolute Gasteiger partial charge is 0.307 e. The summed E-state index contributed by atoms with van der Waals surface area (Å²) in [5, 5.41) is 0. The zero-order valence-corrected chi connectivity index (χ0v) is 11.1. The van der Waals surface area contributed by atoms with Gasteiger partial charge in [-0.05, 0) is 24.1 Å². The van der Waals surface area contributed by atoms with Crippen LogP contribution >= 0.6 is 0 Å². The molecule has 1 amide bonds. The molecule has 0 N–H and O–H groups in total. The number of likely N-dealkylation sites (tertiary alicyclic amines) is 1. The van der Waals surface area contributed by atoms with Gasteiger partial charge in [0.2, 0.25) is 5.91 Å². The van der Waals surface area contributed by atoms with Crippen molar-refractivity contribution in [3.8, 4) is 0 Å². The molecule has 108 valence electrons. The van der Waals surface area contributed by atoms with Gasteiger partial charge in [-0.15, -0.1) is 0 Å². The molecule has 1 aromatic rings. The van der Waals surface area contributed by atoms with Gasteiger partial charge in [-0.1, -0.05) is 6.07 Å². The predicted molar refractivity (Wildman–Crippen MR) is 66.6 cm³/mol. The van der Waals surface area contributed by atoms with Crippen LogP contribution in [0.15, 0.2) is 18.2 Å². The second-order valence-corrected chi connectivity index (χ2v) is 4.74. The van der Waals surface area contributed by atoms with E-state index in [-0.39, 0.29) is 30.9 Å². The third kappa shape index (κ3) is 3.12. The molecular formula is C14H15F2NO3. The van der Waals surface area contributed by atoms with Gasteiger partial charge in [0.25, 0.3) is 0 Å². The predicted octanol–water partition coefficient (Wildman–Crippen LogP) is 2.02. The lowest BCUT2D eigenvalue weighted by Gasteiger charge is -2.24. The Balaban J connectivity index is 2.10. The number of esters is 1. The Labute approximate surface area is 115 Å². The molecule has 4 nitrogen and oxygen atoms in total. The maximum atomic E-state index is 13.2. The van der Waals surface area contributed by atoms with Crippen molar-refractivity contribution >= 4 is 11.9 Å². The Kier molecular flexibility index (Phi) is 4.32. The molecular weight excluding hydrogens is 268 g/mol. The topological polar surface area (TPSA) is 46.6 Å². The van der Waals surface area contributed by atoms with Crippen molar-refractivity contribution in [1.29, 1.82) is 0 Å². The van der Waals surface area contributed by atoms with Crippen molar-refractivity contribution in [2.45, 2.75) is 31.8 Å². The zero-order chi connectivity index (χ0) is 14.7. The Hall–Kier alpha value is -1.98. The largest absolute Gasteiger partial charge is 0.469 e. The first kappa shape index (κ1) is 14.4. The van der Waals surface area contributed by atoms with E-state index in [0.29, 0.717) is 18.4 Å². The second kappa shape index (κ2) is 5.98. The third-order valence-corrected chi connectivity index (χ3v) is 3.42. The van der Waals surface area contributed by atoms with Crippen LogP contribution in [0.1, 0.15) is 24.8 Å². The van der Waals surface area contributed by atoms with E-state index in [1.807, 2.05) is 0 Å². The fourth-order valence-corrected chi connectivity index (χ4v) is 2.33. The molecule has 1 unspecified atom stereocenters. The van der Waals surface area contributed by atoms with Gasteiger partial charge in [0.05, 0.1) is 13.5 Å². The van der Waals surface area contributed by atoms with E-state index in [1.165, 1.54) is 18.1 Å². The molecule has 2 rings (SSSR count). The van der Waals surface area contributed by atoms with Crippen LogP contribution in [0.3, 0.4) is 0 Å². The van der Waals surface area contributed by atoms with Gasteiger partial charge in [-0.2, -0.15) is 0 Å². The van der Waals surface area contributed by atoms with Crippen molar-refractivity contribution < 1.29 is 23.1 Å². The van der Waals surface area contributed by atoms with E-state index in [4.69, 9.17) is 0 Å². The maximum Gasteiger partial charge on any atom is 0.307 e. The van der Waals surface area contributed by atoms with E-state index in [2.05, 4.69) is 4.74 Å². The van der Waals surface area contributed by atoms with Gasteiger partial charge in [0.15, 0.2) is 11.6 Å². The highest BCUT2D eigenvalue weighted by Crippen LogP contribution is 2.24. The summed E-state index contributed by atoms with van der Waals surface area (Å²) in [5.41, 5.74) is 0.494. The number of nitrogens with zero attached hydrogens (tertiary/aromatic N) is 1. The lowest BCUT2D eigenvalue weighted by atomic mass is 10.1. The van der Waals surface area contributed by atoms with Gasteiger partial charge >= 0.3 is 5.97 Å². The Morgan fingerprint density at radius 3 is 2.80 bits per heavy atom. The van der Waals surface area contributed by atoms with Gasteiger partial charge in [-0.25, -0.2) is 8.78 Å². The summed E-state index contributed by atoms with van der Waals surface area (Å²) >= 11 is 0. The van der Waals surface area contributed by atoms with E-state index in [0.717, 1.165) is 12.1 Å². The Morgan fingerprint density at radius 1 is 1.40 bits per heavy atom. The molecule has 0 saturated carbocycles. The molecule has 1 heterocycles. The molecule has 0 spiro atoms. The number of carbonyl (C=O) groups excluding carboxylic acids is 2. The summed E-state index contributed by atoms with van der Waals surface area (Å²) in [6.07, 6.45) is 1.04. The first-order valence-electron chi connectivity index (χ1n) is 6.31. The van der Waals surface area contributed by atoms with Crippen LogP contribution in [0.5, 0.6) is 0 Å². The van der Waals surface area contributed by atoms with Crippen molar-refractivity contribution in [2.24, 2.45) is 0 Å². The number of halogens is 2. The van der Waals surface area contributed by atoms with Crippen LogP contribution in [-0.4, -0.2) is 29.9 Å². The van der Waals surface area contributed by atoms with Gasteiger partial charge in [0.1, 0.15) is 0 Å². The number of methoxy groups -OCH3 is 1. The van der Waals surface area contributed by atoms with Gasteiger partial charge in [0, 0.05) is 19.0 Å². The molecule has 1 aliphatic rings. The van der Waals surface area contributed by atoms with Crippen LogP contribution in [0.25, 0.3) is 0 Å². The molecule has 0 radical (unpaired) electrons.